The maximum Gasteiger partial charge on any atom is 0.344 e. The number of nitrogens with zero attached hydrogens (tertiary/aromatic N) is 1. The monoisotopic (exact) mass is 358 g/mol. The molecule has 0 aromatic heterocycles. The number of carbonyl (C=O) groups is 3. The summed E-state index contributed by atoms with van der Waals surface area (Å²) in [4.78, 5) is 35.1. The van der Waals surface area contributed by atoms with Crippen LogP contribution in [0.25, 0.3) is 0 Å². The molecule has 0 radical (unpaired) electrons. The summed E-state index contributed by atoms with van der Waals surface area (Å²) in [5.41, 5.74) is -0.340. The van der Waals surface area contributed by atoms with Crippen molar-refractivity contribution >= 4 is 17.7 Å². The fraction of sp³-hybridized carbons (Fsp3) is 0.474. The Kier molecular flexibility index (Phi) is 6.34. The highest BCUT2D eigenvalue weighted by Crippen LogP contribution is 2.39. The van der Waals surface area contributed by atoms with Gasteiger partial charge in [0.25, 0.3) is 5.91 Å². The van der Waals surface area contributed by atoms with Gasteiger partial charge in [0.15, 0.2) is 19.0 Å². The number of nitrogens with one attached hydrogen (secondary N) is 1. The molecule has 1 fully saturated rings. The van der Waals surface area contributed by atoms with Crippen LogP contribution in [-0.2, 0) is 14.3 Å². The molecular formula is C19H22N2O5. The van der Waals surface area contributed by atoms with Gasteiger partial charge >= 0.3 is 5.97 Å². The number of amides is 1. The molecule has 0 spiro atoms. The summed E-state index contributed by atoms with van der Waals surface area (Å²) in [5, 5.41) is 11.8. The van der Waals surface area contributed by atoms with Gasteiger partial charge in [-0.05, 0) is 49.9 Å². The van der Waals surface area contributed by atoms with Gasteiger partial charge in [-0.3, -0.25) is 9.59 Å². The lowest BCUT2D eigenvalue weighted by Crippen LogP contribution is -2.48. The van der Waals surface area contributed by atoms with Crippen LogP contribution in [0.15, 0.2) is 24.3 Å². The van der Waals surface area contributed by atoms with Gasteiger partial charge in [0.1, 0.15) is 11.3 Å². The van der Waals surface area contributed by atoms with E-state index in [9.17, 15) is 19.6 Å². The zero-order chi connectivity index (χ0) is 19.2. The molecule has 7 heteroatoms. The number of hydrogen-bond acceptors (Lipinski definition) is 6. The third-order valence-electron chi connectivity index (χ3n) is 4.24. The maximum absolute atomic E-state index is 11.8. The number of hydrogen-bond donors (Lipinski definition) is 1. The number of nitriles is 1. The van der Waals surface area contributed by atoms with E-state index in [-0.39, 0.29) is 18.3 Å². The Morgan fingerprint density at radius 1 is 1.23 bits per heavy atom. The van der Waals surface area contributed by atoms with Crippen molar-refractivity contribution in [2.75, 3.05) is 13.2 Å². The topological polar surface area (TPSA) is 105 Å². The first-order valence-corrected chi connectivity index (χ1v) is 8.52. The summed E-state index contributed by atoms with van der Waals surface area (Å²) in [6.07, 6.45) is 2.22. The van der Waals surface area contributed by atoms with Crippen LogP contribution in [0.4, 0.5) is 0 Å². The van der Waals surface area contributed by atoms with Crippen LogP contribution in [0.3, 0.4) is 0 Å². The second-order valence-electron chi connectivity index (χ2n) is 6.39. The summed E-state index contributed by atoms with van der Waals surface area (Å²) in [6, 6.07) is 8.54. The molecule has 1 aliphatic rings. The molecule has 2 rings (SSSR count). The number of rotatable bonds is 9. The normalized spacial score (nSPS) is 15.3. The van der Waals surface area contributed by atoms with E-state index in [1.54, 1.807) is 38.1 Å². The van der Waals surface area contributed by atoms with Crippen LogP contribution in [0.2, 0.25) is 0 Å². The van der Waals surface area contributed by atoms with Gasteiger partial charge in [-0.15, -0.1) is 0 Å². The van der Waals surface area contributed by atoms with Gasteiger partial charge in [-0.2, -0.15) is 5.26 Å². The van der Waals surface area contributed by atoms with E-state index in [4.69, 9.17) is 9.47 Å². The van der Waals surface area contributed by atoms with E-state index in [1.807, 2.05) is 0 Å². The first kappa shape index (κ1) is 19.4. The van der Waals surface area contributed by atoms with Crippen LogP contribution in [0.5, 0.6) is 5.75 Å². The van der Waals surface area contributed by atoms with Crippen molar-refractivity contribution in [2.45, 2.75) is 38.6 Å². The molecule has 1 amide bonds. The number of Topliss-reactive ketones (excluding diaryl/α,β-unsaturated/α-hetero) is 1. The highest BCUT2D eigenvalue weighted by atomic mass is 16.6. The van der Waals surface area contributed by atoms with Crippen molar-refractivity contribution in [1.29, 1.82) is 5.26 Å². The average molecular weight is 358 g/mol. The molecule has 1 aromatic carbocycles. The number of esters is 1. The van der Waals surface area contributed by atoms with Crippen molar-refractivity contribution in [3.8, 4) is 11.8 Å². The van der Waals surface area contributed by atoms with Crippen LogP contribution in [-0.4, -0.2) is 36.4 Å². The summed E-state index contributed by atoms with van der Waals surface area (Å²) in [7, 11) is 0. The average Bonchev–Trinajstić information content (AvgIpc) is 3.50. The lowest BCUT2D eigenvalue weighted by atomic mass is 9.98. The van der Waals surface area contributed by atoms with E-state index in [0.717, 1.165) is 12.8 Å². The predicted octanol–water partition coefficient (Wildman–Crippen LogP) is 2.01. The van der Waals surface area contributed by atoms with E-state index in [2.05, 4.69) is 11.4 Å². The predicted molar refractivity (Wildman–Crippen MR) is 92.4 cm³/mol. The van der Waals surface area contributed by atoms with Crippen molar-refractivity contribution in [3.05, 3.63) is 29.8 Å². The Hall–Kier alpha value is -2.88. The molecule has 26 heavy (non-hydrogen) atoms. The van der Waals surface area contributed by atoms with Crippen LogP contribution in [0, 0.1) is 17.2 Å². The molecular weight excluding hydrogens is 336 g/mol. The van der Waals surface area contributed by atoms with Gasteiger partial charge < -0.3 is 14.8 Å². The van der Waals surface area contributed by atoms with E-state index in [0.29, 0.717) is 17.7 Å². The van der Waals surface area contributed by atoms with Crippen LogP contribution >= 0.6 is 0 Å². The van der Waals surface area contributed by atoms with Crippen LogP contribution < -0.4 is 10.1 Å². The standard InChI is InChI=1S/C19H22N2O5/c1-3-16(22)13-4-8-15(9-5-13)25-11-18(24)26-10-17(23)21-19(2,12-20)14-6-7-14/h4-5,8-9,14H,3,6-7,10-11H2,1-2H3,(H,21,23)/t19-/m0/s1. The molecule has 1 atom stereocenters. The minimum Gasteiger partial charge on any atom is -0.482 e. The molecule has 138 valence electrons. The lowest BCUT2D eigenvalue weighted by molar-refractivity contribution is -0.150. The van der Waals surface area contributed by atoms with Crippen molar-refractivity contribution < 1.29 is 23.9 Å². The molecule has 0 unspecified atom stereocenters. The molecule has 1 aromatic rings. The third-order valence-corrected chi connectivity index (χ3v) is 4.24. The highest BCUT2D eigenvalue weighted by molar-refractivity contribution is 5.95. The van der Waals surface area contributed by atoms with Gasteiger partial charge in [-0.1, -0.05) is 6.92 Å². The molecule has 0 aliphatic heterocycles. The zero-order valence-electron chi connectivity index (χ0n) is 14.9. The Morgan fingerprint density at radius 3 is 2.42 bits per heavy atom. The lowest BCUT2D eigenvalue weighted by Gasteiger charge is -2.22. The molecule has 1 N–H and O–H groups in total. The van der Waals surface area contributed by atoms with E-state index < -0.39 is 24.0 Å². The number of ketones is 1. The van der Waals surface area contributed by atoms with Crippen molar-refractivity contribution in [2.24, 2.45) is 5.92 Å². The second-order valence-corrected chi connectivity index (χ2v) is 6.39. The van der Waals surface area contributed by atoms with Crippen LogP contribution in [0.1, 0.15) is 43.5 Å². The Balaban J connectivity index is 1.72. The quantitative estimate of drug-likeness (QED) is 0.535. The molecule has 0 heterocycles. The first-order chi connectivity index (χ1) is 12.4. The summed E-state index contributed by atoms with van der Waals surface area (Å²) in [6.45, 7) is 2.63. The summed E-state index contributed by atoms with van der Waals surface area (Å²) in [5.74, 6) is -0.615. The smallest absolute Gasteiger partial charge is 0.344 e. The summed E-state index contributed by atoms with van der Waals surface area (Å²) < 4.78 is 10.1. The first-order valence-electron chi connectivity index (χ1n) is 8.52. The zero-order valence-corrected chi connectivity index (χ0v) is 14.9. The fourth-order valence-electron chi connectivity index (χ4n) is 2.48. The molecule has 0 saturated heterocycles. The van der Waals surface area contributed by atoms with Crippen molar-refractivity contribution in [3.63, 3.8) is 0 Å². The fourth-order valence-corrected chi connectivity index (χ4v) is 2.48. The third kappa shape index (κ3) is 5.31. The Morgan fingerprint density at radius 2 is 1.88 bits per heavy atom. The molecule has 7 nitrogen and oxygen atoms in total. The molecule has 1 aliphatic carbocycles. The minimum absolute atomic E-state index is 0.0255. The van der Waals surface area contributed by atoms with Crippen molar-refractivity contribution in [1.82, 2.24) is 5.32 Å². The van der Waals surface area contributed by atoms with E-state index >= 15 is 0 Å². The van der Waals surface area contributed by atoms with Gasteiger partial charge in [0, 0.05) is 12.0 Å². The van der Waals surface area contributed by atoms with Gasteiger partial charge in [-0.25, -0.2) is 4.79 Å². The number of ether oxygens (including phenoxy) is 2. The second kappa shape index (κ2) is 8.48. The SMILES string of the molecule is CCC(=O)c1ccc(OCC(=O)OCC(=O)N[C@@](C)(C#N)C2CC2)cc1. The highest BCUT2D eigenvalue weighted by Gasteiger charge is 2.43. The largest absolute Gasteiger partial charge is 0.482 e. The summed E-state index contributed by atoms with van der Waals surface area (Å²) >= 11 is 0. The van der Waals surface area contributed by atoms with Gasteiger partial charge in [0.05, 0.1) is 6.07 Å². The maximum atomic E-state index is 11.8. The Bertz CT molecular complexity index is 718. The number of carbonyl (C=O) groups excluding carboxylic acids is 3. The van der Waals surface area contributed by atoms with Gasteiger partial charge in [0.2, 0.25) is 0 Å². The molecule has 0 bridgehead atoms. The minimum atomic E-state index is -0.919. The number of benzene rings is 1. The van der Waals surface area contributed by atoms with E-state index in [1.165, 1.54) is 0 Å². The Labute approximate surface area is 152 Å². The molecule has 1 saturated carbocycles.